The van der Waals surface area contributed by atoms with Gasteiger partial charge in [-0.2, -0.15) is 15.4 Å². The van der Waals surface area contributed by atoms with E-state index in [1.54, 1.807) is 6.92 Å². The molecule has 1 N–H and O–H groups in total. The molecule has 1 aliphatic heterocycles. The number of hydrogen-bond acceptors (Lipinski definition) is 4. The zero-order valence-electron chi connectivity index (χ0n) is 14.7. The standard InChI is InChI=1S/C20H21N5O/c1-15-19(22-23-21-15)20(26)25-13-7-12-24(14-16-8-3-2-4-9-16)17-10-5-6-11-18(17)25/h2-6,8-11H,7,12-14H2,1H3,(H,21,22,23). The Bertz CT molecular complexity index is 905. The Balaban J connectivity index is 1.69. The third-order valence-electron chi connectivity index (χ3n) is 4.71. The molecular weight excluding hydrogens is 326 g/mol. The van der Waals surface area contributed by atoms with Crippen molar-refractivity contribution in [3.05, 3.63) is 71.5 Å². The van der Waals surface area contributed by atoms with Gasteiger partial charge in [0, 0.05) is 19.6 Å². The largest absolute Gasteiger partial charge is 0.365 e. The second-order valence-corrected chi connectivity index (χ2v) is 6.46. The second kappa shape index (κ2) is 7.00. The van der Waals surface area contributed by atoms with Crippen molar-refractivity contribution in [2.45, 2.75) is 19.9 Å². The highest BCUT2D eigenvalue weighted by Crippen LogP contribution is 2.34. The van der Waals surface area contributed by atoms with Crippen molar-refractivity contribution in [1.29, 1.82) is 0 Å². The molecular formula is C20H21N5O. The third kappa shape index (κ3) is 3.06. The zero-order chi connectivity index (χ0) is 17.9. The van der Waals surface area contributed by atoms with Crippen molar-refractivity contribution in [2.24, 2.45) is 0 Å². The second-order valence-electron chi connectivity index (χ2n) is 6.46. The molecule has 6 heteroatoms. The van der Waals surface area contributed by atoms with Gasteiger partial charge in [0.1, 0.15) is 0 Å². The van der Waals surface area contributed by atoms with Gasteiger partial charge in [-0.05, 0) is 31.0 Å². The van der Waals surface area contributed by atoms with E-state index in [1.165, 1.54) is 5.56 Å². The number of H-pyrrole nitrogens is 1. The van der Waals surface area contributed by atoms with E-state index in [4.69, 9.17) is 0 Å². The summed E-state index contributed by atoms with van der Waals surface area (Å²) in [5, 5.41) is 10.6. The van der Waals surface area contributed by atoms with Crippen LogP contribution in [0.15, 0.2) is 54.6 Å². The smallest absolute Gasteiger partial charge is 0.280 e. The van der Waals surface area contributed by atoms with E-state index < -0.39 is 0 Å². The number of nitrogens with one attached hydrogen (secondary N) is 1. The van der Waals surface area contributed by atoms with Gasteiger partial charge in [-0.1, -0.05) is 42.5 Å². The fourth-order valence-corrected chi connectivity index (χ4v) is 3.41. The lowest BCUT2D eigenvalue weighted by atomic mass is 10.1. The molecule has 3 aromatic rings. The first-order chi connectivity index (χ1) is 12.7. The summed E-state index contributed by atoms with van der Waals surface area (Å²) in [5.74, 6) is -0.106. The van der Waals surface area contributed by atoms with Crippen LogP contribution in [0.4, 0.5) is 11.4 Å². The number of amides is 1. The van der Waals surface area contributed by atoms with Crippen molar-refractivity contribution >= 4 is 17.3 Å². The summed E-state index contributed by atoms with van der Waals surface area (Å²) in [4.78, 5) is 17.2. The topological polar surface area (TPSA) is 65.1 Å². The minimum Gasteiger partial charge on any atom is -0.365 e. The van der Waals surface area contributed by atoms with Crippen LogP contribution >= 0.6 is 0 Å². The quantitative estimate of drug-likeness (QED) is 0.790. The van der Waals surface area contributed by atoms with Gasteiger partial charge in [-0.3, -0.25) is 4.79 Å². The minimum atomic E-state index is -0.106. The Kier molecular flexibility index (Phi) is 4.39. The average molecular weight is 347 g/mol. The molecule has 0 atom stereocenters. The summed E-state index contributed by atoms with van der Waals surface area (Å²) < 4.78 is 0. The molecule has 4 rings (SSSR count). The van der Waals surface area contributed by atoms with Gasteiger partial charge in [-0.15, -0.1) is 0 Å². The number of carbonyl (C=O) groups is 1. The molecule has 6 nitrogen and oxygen atoms in total. The van der Waals surface area contributed by atoms with E-state index in [0.717, 1.165) is 30.9 Å². The molecule has 0 fully saturated rings. The van der Waals surface area contributed by atoms with Crippen molar-refractivity contribution in [3.8, 4) is 0 Å². The van der Waals surface area contributed by atoms with Gasteiger partial charge >= 0.3 is 0 Å². The highest BCUT2D eigenvalue weighted by Gasteiger charge is 2.27. The summed E-state index contributed by atoms with van der Waals surface area (Å²) in [7, 11) is 0. The lowest BCUT2D eigenvalue weighted by Gasteiger charge is -2.26. The molecule has 26 heavy (non-hydrogen) atoms. The summed E-state index contributed by atoms with van der Waals surface area (Å²) in [6.07, 6.45) is 0.893. The van der Waals surface area contributed by atoms with Gasteiger partial charge in [0.05, 0.1) is 17.1 Å². The highest BCUT2D eigenvalue weighted by atomic mass is 16.2. The molecule has 0 spiro atoms. The van der Waals surface area contributed by atoms with E-state index in [1.807, 2.05) is 29.2 Å². The fourth-order valence-electron chi connectivity index (χ4n) is 3.41. The zero-order valence-corrected chi connectivity index (χ0v) is 14.7. The maximum atomic E-state index is 13.0. The number of aryl methyl sites for hydroxylation is 1. The molecule has 1 aromatic heterocycles. The maximum absolute atomic E-state index is 13.0. The van der Waals surface area contributed by atoms with Crippen LogP contribution in [-0.2, 0) is 6.54 Å². The van der Waals surface area contributed by atoms with Gasteiger partial charge < -0.3 is 9.80 Å². The van der Waals surface area contributed by atoms with Crippen molar-refractivity contribution in [3.63, 3.8) is 0 Å². The lowest BCUT2D eigenvalue weighted by Crippen LogP contribution is -2.32. The number of aromatic amines is 1. The van der Waals surface area contributed by atoms with E-state index in [9.17, 15) is 4.79 Å². The van der Waals surface area contributed by atoms with Gasteiger partial charge in [0.15, 0.2) is 5.69 Å². The summed E-state index contributed by atoms with van der Waals surface area (Å²) in [6.45, 7) is 4.17. The van der Waals surface area contributed by atoms with Crippen LogP contribution in [0, 0.1) is 6.92 Å². The molecule has 2 heterocycles. The SMILES string of the molecule is Cc1n[nH]nc1C(=O)N1CCCN(Cc2ccccc2)c2ccccc21. The molecule has 2 aromatic carbocycles. The lowest BCUT2D eigenvalue weighted by molar-refractivity contribution is 0.0982. The van der Waals surface area contributed by atoms with Crippen molar-refractivity contribution in [2.75, 3.05) is 22.9 Å². The summed E-state index contributed by atoms with van der Waals surface area (Å²) in [6, 6.07) is 18.5. The number of rotatable bonds is 3. The maximum Gasteiger partial charge on any atom is 0.280 e. The number of carbonyl (C=O) groups excluding carboxylic acids is 1. The Hall–Kier alpha value is -3.15. The predicted octanol–water partition coefficient (Wildman–Crippen LogP) is 3.17. The number of benzene rings is 2. The Morgan fingerprint density at radius 1 is 1.00 bits per heavy atom. The molecule has 0 unspecified atom stereocenters. The molecule has 0 bridgehead atoms. The Morgan fingerprint density at radius 3 is 2.46 bits per heavy atom. The third-order valence-corrected chi connectivity index (χ3v) is 4.71. The highest BCUT2D eigenvalue weighted by molar-refractivity contribution is 6.07. The van der Waals surface area contributed by atoms with Gasteiger partial charge in [0.25, 0.3) is 5.91 Å². The fraction of sp³-hybridized carbons (Fsp3) is 0.250. The van der Waals surface area contributed by atoms with Crippen LogP contribution in [0.2, 0.25) is 0 Å². The molecule has 0 saturated heterocycles. The summed E-state index contributed by atoms with van der Waals surface area (Å²) >= 11 is 0. The molecule has 0 radical (unpaired) electrons. The molecule has 0 aliphatic carbocycles. The number of hydrogen-bond donors (Lipinski definition) is 1. The van der Waals surface area contributed by atoms with Gasteiger partial charge in [-0.25, -0.2) is 0 Å². The van der Waals surface area contributed by atoms with E-state index in [0.29, 0.717) is 17.9 Å². The van der Waals surface area contributed by atoms with Crippen LogP contribution in [0.5, 0.6) is 0 Å². The predicted molar refractivity (Wildman–Crippen MR) is 101 cm³/mol. The van der Waals surface area contributed by atoms with Crippen LogP contribution in [0.1, 0.15) is 28.2 Å². The molecule has 1 amide bonds. The van der Waals surface area contributed by atoms with Gasteiger partial charge in [0.2, 0.25) is 0 Å². The first kappa shape index (κ1) is 16.3. The average Bonchev–Trinajstić information content (AvgIpc) is 3.02. The Labute approximate surface area is 152 Å². The number of nitrogens with zero attached hydrogens (tertiary/aromatic N) is 4. The molecule has 1 aliphatic rings. The first-order valence-electron chi connectivity index (χ1n) is 8.81. The normalized spacial score (nSPS) is 14.0. The molecule has 132 valence electrons. The van der Waals surface area contributed by atoms with E-state index in [-0.39, 0.29) is 5.91 Å². The Morgan fingerprint density at radius 2 is 1.73 bits per heavy atom. The number of para-hydroxylation sites is 2. The van der Waals surface area contributed by atoms with Crippen molar-refractivity contribution in [1.82, 2.24) is 15.4 Å². The number of fused-ring (bicyclic) bond motifs is 1. The molecule has 0 saturated carbocycles. The van der Waals surface area contributed by atoms with E-state index in [2.05, 4.69) is 50.6 Å². The summed E-state index contributed by atoms with van der Waals surface area (Å²) in [5.41, 5.74) is 4.26. The van der Waals surface area contributed by atoms with Crippen LogP contribution in [0.25, 0.3) is 0 Å². The van der Waals surface area contributed by atoms with Crippen LogP contribution < -0.4 is 9.80 Å². The van der Waals surface area contributed by atoms with E-state index >= 15 is 0 Å². The van der Waals surface area contributed by atoms with Crippen LogP contribution in [-0.4, -0.2) is 34.4 Å². The monoisotopic (exact) mass is 347 g/mol. The minimum absolute atomic E-state index is 0.106. The first-order valence-corrected chi connectivity index (χ1v) is 8.81. The van der Waals surface area contributed by atoms with Crippen molar-refractivity contribution < 1.29 is 4.79 Å². The number of aromatic nitrogens is 3. The number of anilines is 2. The van der Waals surface area contributed by atoms with Crippen LogP contribution in [0.3, 0.4) is 0 Å².